The largest absolute Gasteiger partial charge is 0.381 e. The molecule has 1 heterocycles. The number of hydrogen-bond acceptors (Lipinski definition) is 4. The predicted octanol–water partition coefficient (Wildman–Crippen LogP) is 4.12. The molecule has 2 aromatic carbocycles. The van der Waals surface area contributed by atoms with Crippen LogP contribution in [0.1, 0.15) is 44.2 Å². The average molecular weight is 384 g/mol. The van der Waals surface area contributed by atoms with E-state index in [9.17, 15) is 8.42 Å². The first-order chi connectivity index (χ1) is 12.9. The van der Waals surface area contributed by atoms with E-state index in [-0.39, 0.29) is 12.1 Å². The number of nitrogens with one attached hydrogen (secondary N) is 1. The van der Waals surface area contributed by atoms with Crippen LogP contribution in [0.4, 0.5) is 5.69 Å². The molecule has 142 valence electrons. The van der Waals surface area contributed by atoms with Gasteiger partial charge in [-0.05, 0) is 68.7 Å². The summed E-state index contributed by atoms with van der Waals surface area (Å²) >= 11 is 0. The number of nitriles is 1. The van der Waals surface area contributed by atoms with Crippen LogP contribution >= 0.6 is 0 Å². The van der Waals surface area contributed by atoms with Crippen molar-refractivity contribution >= 4 is 15.7 Å². The van der Waals surface area contributed by atoms with E-state index >= 15 is 0 Å². The van der Waals surface area contributed by atoms with Gasteiger partial charge in [0.1, 0.15) is 0 Å². The van der Waals surface area contributed by atoms with E-state index in [4.69, 9.17) is 5.26 Å². The monoisotopic (exact) mass is 383 g/mol. The first-order valence-electron chi connectivity index (χ1n) is 9.28. The Morgan fingerprint density at radius 3 is 2.19 bits per heavy atom. The van der Waals surface area contributed by atoms with Crippen molar-refractivity contribution in [3.8, 4) is 6.07 Å². The van der Waals surface area contributed by atoms with Crippen LogP contribution in [0, 0.1) is 11.3 Å². The fourth-order valence-electron chi connectivity index (χ4n) is 3.64. The van der Waals surface area contributed by atoms with Gasteiger partial charge in [-0.15, -0.1) is 0 Å². The molecule has 0 bridgehead atoms. The molecule has 2 atom stereocenters. The molecular weight excluding hydrogens is 358 g/mol. The maximum atomic E-state index is 13.0. The number of rotatable bonds is 5. The van der Waals surface area contributed by atoms with Gasteiger partial charge in [0.25, 0.3) is 0 Å². The summed E-state index contributed by atoms with van der Waals surface area (Å²) in [6, 6.07) is 16.5. The van der Waals surface area contributed by atoms with Crippen LogP contribution in [0.3, 0.4) is 0 Å². The van der Waals surface area contributed by atoms with Gasteiger partial charge in [0, 0.05) is 24.3 Å². The van der Waals surface area contributed by atoms with Gasteiger partial charge in [-0.25, -0.2) is 8.42 Å². The Hall–Kier alpha value is -2.36. The third kappa shape index (κ3) is 4.32. The Labute approximate surface area is 161 Å². The van der Waals surface area contributed by atoms with Crippen LogP contribution in [0.15, 0.2) is 53.4 Å². The summed E-state index contributed by atoms with van der Waals surface area (Å²) in [4.78, 5) is 0.340. The predicted molar refractivity (Wildman–Crippen MR) is 107 cm³/mol. The van der Waals surface area contributed by atoms with Crippen molar-refractivity contribution in [2.75, 3.05) is 5.32 Å². The number of hydrogen-bond donors (Lipinski definition) is 1. The minimum absolute atomic E-state index is 0.0351. The molecule has 0 unspecified atom stereocenters. The average Bonchev–Trinajstić information content (AvgIpc) is 2.67. The van der Waals surface area contributed by atoms with E-state index in [1.54, 1.807) is 40.7 Å². The first-order valence-corrected chi connectivity index (χ1v) is 10.7. The summed E-state index contributed by atoms with van der Waals surface area (Å²) in [6.45, 7) is 4.58. The summed E-state index contributed by atoms with van der Waals surface area (Å²) in [7, 11) is -3.48. The van der Waals surface area contributed by atoms with Gasteiger partial charge in [0.15, 0.2) is 0 Å². The molecule has 0 aromatic heterocycles. The van der Waals surface area contributed by atoms with Crippen LogP contribution in [0.25, 0.3) is 0 Å². The van der Waals surface area contributed by atoms with Crippen LogP contribution in [-0.2, 0) is 16.6 Å². The van der Waals surface area contributed by atoms with Gasteiger partial charge < -0.3 is 5.32 Å². The van der Waals surface area contributed by atoms with Crippen molar-refractivity contribution in [3.05, 3.63) is 59.7 Å². The molecule has 6 heteroatoms. The highest BCUT2D eigenvalue weighted by Gasteiger charge is 2.35. The van der Waals surface area contributed by atoms with E-state index in [1.807, 2.05) is 26.0 Å². The molecule has 0 spiro atoms. The van der Waals surface area contributed by atoms with Crippen LogP contribution < -0.4 is 5.32 Å². The molecule has 1 aliphatic rings. The van der Waals surface area contributed by atoms with Crippen LogP contribution in [-0.4, -0.2) is 24.8 Å². The van der Waals surface area contributed by atoms with Crippen LogP contribution in [0.5, 0.6) is 0 Å². The molecule has 3 rings (SSSR count). The number of piperidine rings is 1. The Balaban J connectivity index is 1.69. The molecule has 1 aliphatic heterocycles. The fraction of sp³-hybridized carbons (Fsp3) is 0.381. The van der Waals surface area contributed by atoms with Crippen molar-refractivity contribution in [2.45, 2.75) is 56.6 Å². The zero-order valence-corrected chi connectivity index (χ0v) is 16.5. The van der Waals surface area contributed by atoms with E-state index in [2.05, 4.69) is 11.4 Å². The summed E-state index contributed by atoms with van der Waals surface area (Å²) in [6.07, 6.45) is 2.90. The summed E-state index contributed by atoms with van der Waals surface area (Å²) in [5.74, 6) is 0. The minimum atomic E-state index is -3.48. The number of benzene rings is 2. The van der Waals surface area contributed by atoms with Crippen molar-refractivity contribution in [2.24, 2.45) is 0 Å². The number of anilines is 1. The standard InChI is InChI=1S/C21H25N3O2S/c1-16-4-3-5-17(2)24(16)27(25,26)21-12-10-20(11-13-21)23-15-19-8-6-18(14-22)7-9-19/h6-13,16-17,23H,3-5,15H2,1-2H3/t16-,17+. The number of sulfonamides is 1. The smallest absolute Gasteiger partial charge is 0.243 e. The highest BCUT2D eigenvalue weighted by Crippen LogP contribution is 2.30. The quantitative estimate of drug-likeness (QED) is 0.843. The number of nitrogens with zero attached hydrogens (tertiary/aromatic N) is 2. The van der Waals surface area contributed by atoms with Gasteiger partial charge in [-0.3, -0.25) is 0 Å². The lowest BCUT2D eigenvalue weighted by atomic mass is 10.0. The first kappa shape index (κ1) is 19.4. The minimum Gasteiger partial charge on any atom is -0.381 e. The highest BCUT2D eigenvalue weighted by molar-refractivity contribution is 7.89. The second-order valence-corrected chi connectivity index (χ2v) is 8.99. The zero-order chi connectivity index (χ0) is 19.4. The SMILES string of the molecule is C[C@@H]1CCC[C@H](C)N1S(=O)(=O)c1ccc(NCc2ccc(C#N)cc2)cc1. The van der Waals surface area contributed by atoms with Crippen molar-refractivity contribution < 1.29 is 8.42 Å². The molecule has 2 aromatic rings. The summed E-state index contributed by atoms with van der Waals surface area (Å²) in [5, 5.41) is 12.1. The van der Waals surface area contributed by atoms with Gasteiger partial charge in [-0.1, -0.05) is 18.6 Å². The summed E-state index contributed by atoms with van der Waals surface area (Å²) in [5.41, 5.74) is 2.55. The Kier molecular flexibility index (Phi) is 5.83. The third-order valence-electron chi connectivity index (χ3n) is 5.12. The highest BCUT2D eigenvalue weighted by atomic mass is 32.2. The molecular formula is C21H25N3O2S. The van der Waals surface area contributed by atoms with E-state index < -0.39 is 10.0 Å². The molecule has 1 N–H and O–H groups in total. The molecule has 0 radical (unpaired) electrons. The second kappa shape index (κ2) is 8.12. The normalized spacial score (nSPS) is 20.8. The fourth-order valence-corrected chi connectivity index (χ4v) is 5.52. The molecule has 5 nitrogen and oxygen atoms in total. The molecule has 1 saturated heterocycles. The third-order valence-corrected chi connectivity index (χ3v) is 7.26. The van der Waals surface area contributed by atoms with Gasteiger partial charge in [0.2, 0.25) is 10.0 Å². The van der Waals surface area contributed by atoms with Crippen molar-refractivity contribution in [3.63, 3.8) is 0 Å². The zero-order valence-electron chi connectivity index (χ0n) is 15.7. The molecule has 0 aliphatic carbocycles. The topological polar surface area (TPSA) is 73.2 Å². The van der Waals surface area contributed by atoms with Crippen LogP contribution in [0.2, 0.25) is 0 Å². The summed E-state index contributed by atoms with van der Waals surface area (Å²) < 4.78 is 27.7. The lowest BCUT2D eigenvalue weighted by Crippen LogP contribution is -2.47. The second-order valence-electron chi connectivity index (χ2n) is 7.15. The Bertz CT molecular complexity index is 905. The van der Waals surface area contributed by atoms with E-state index in [0.29, 0.717) is 17.0 Å². The lowest BCUT2D eigenvalue weighted by molar-refractivity contribution is 0.204. The lowest BCUT2D eigenvalue weighted by Gasteiger charge is -2.37. The Morgan fingerprint density at radius 1 is 1.04 bits per heavy atom. The van der Waals surface area contributed by atoms with Crippen molar-refractivity contribution in [1.29, 1.82) is 5.26 Å². The van der Waals surface area contributed by atoms with E-state index in [0.717, 1.165) is 30.5 Å². The maximum Gasteiger partial charge on any atom is 0.243 e. The Morgan fingerprint density at radius 2 is 1.63 bits per heavy atom. The van der Waals surface area contributed by atoms with E-state index in [1.165, 1.54) is 0 Å². The molecule has 0 saturated carbocycles. The van der Waals surface area contributed by atoms with Gasteiger partial charge in [-0.2, -0.15) is 9.57 Å². The van der Waals surface area contributed by atoms with Gasteiger partial charge >= 0.3 is 0 Å². The molecule has 27 heavy (non-hydrogen) atoms. The molecule has 1 fully saturated rings. The maximum absolute atomic E-state index is 13.0. The van der Waals surface area contributed by atoms with Gasteiger partial charge in [0.05, 0.1) is 16.5 Å². The molecule has 0 amide bonds. The van der Waals surface area contributed by atoms with Crippen molar-refractivity contribution in [1.82, 2.24) is 4.31 Å².